The Balaban J connectivity index is 1.64. The minimum absolute atomic E-state index is 0.0322. The van der Waals surface area contributed by atoms with Crippen molar-refractivity contribution in [2.75, 3.05) is 31.5 Å². The molecule has 1 aliphatic heterocycles. The number of aryl methyl sites for hydroxylation is 1. The molecule has 0 spiro atoms. The van der Waals surface area contributed by atoms with Crippen LogP contribution in [-0.2, 0) is 4.79 Å². The van der Waals surface area contributed by atoms with E-state index in [1.807, 2.05) is 19.1 Å². The molecule has 8 heteroatoms. The first-order valence-corrected chi connectivity index (χ1v) is 8.72. The highest BCUT2D eigenvalue weighted by atomic mass is 35.5. The fourth-order valence-corrected chi connectivity index (χ4v) is 3.02. The van der Waals surface area contributed by atoms with Gasteiger partial charge in [-0.2, -0.15) is 0 Å². The second kappa shape index (κ2) is 7.70. The highest BCUT2D eigenvalue weighted by Gasteiger charge is 2.24. The molecule has 1 N–H and O–H groups in total. The summed E-state index contributed by atoms with van der Waals surface area (Å²) < 4.78 is 0. The van der Waals surface area contributed by atoms with Crippen molar-refractivity contribution in [3.8, 4) is 0 Å². The molecule has 0 radical (unpaired) electrons. The van der Waals surface area contributed by atoms with Gasteiger partial charge in [-0.25, -0.2) is 9.97 Å². The first kappa shape index (κ1) is 18.1. The van der Waals surface area contributed by atoms with Crippen molar-refractivity contribution in [2.45, 2.75) is 13.8 Å². The molecule has 0 aliphatic carbocycles. The van der Waals surface area contributed by atoms with Crippen LogP contribution in [0.1, 0.15) is 23.0 Å². The molecule has 2 heterocycles. The summed E-state index contributed by atoms with van der Waals surface area (Å²) in [7, 11) is 0. The normalized spacial score (nSPS) is 14.3. The van der Waals surface area contributed by atoms with E-state index in [1.54, 1.807) is 15.9 Å². The number of carbonyl (C=O) groups is 2. The van der Waals surface area contributed by atoms with Crippen molar-refractivity contribution in [2.24, 2.45) is 0 Å². The van der Waals surface area contributed by atoms with Crippen LogP contribution in [0.2, 0.25) is 5.02 Å². The van der Waals surface area contributed by atoms with Gasteiger partial charge in [-0.05, 0) is 30.7 Å². The fraction of sp³-hybridized carbons (Fsp3) is 0.333. The van der Waals surface area contributed by atoms with E-state index in [4.69, 9.17) is 11.6 Å². The van der Waals surface area contributed by atoms with E-state index in [0.717, 1.165) is 11.3 Å². The Bertz CT molecular complexity index is 817. The number of carbonyl (C=O) groups excluding carboxylic acids is 2. The number of nitrogens with zero attached hydrogens (tertiary/aromatic N) is 4. The largest absolute Gasteiger partial charge is 0.339 e. The summed E-state index contributed by atoms with van der Waals surface area (Å²) in [5.41, 5.74) is 2.16. The zero-order valence-corrected chi connectivity index (χ0v) is 15.5. The third-order valence-electron chi connectivity index (χ3n) is 4.33. The molecule has 7 nitrogen and oxygen atoms in total. The van der Waals surface area contributed by atoms with Crippen LogP contribution in [0, 0.1) is 6.92 Å². The number of rotatable bonds is 3. The summed E-state index contributed by atoms with van der Waals surface area (Å²) in [5, 5.41) is 3.83. The number of halogens is 1. The second-order valence-corrected chi connectivity index (χ2v) is 6.61. The van der Waals surface area contributed by atoms with Gasteiger partial charge in [0.1, 0.15) is 11.5 Å². The summed E-state index contributed by atoms with van der Waals surface area (Å²) in [6, 6.07) is 5.52. The van der Waals surface area contributed by atoms with Gasteiger partial charge in [0.2, 0.25) is 5.91 Å². The Labute approximate surface area is 157 Å². The zero-order chi connectivity index (χ0) is 18.7. The number of anilines is 2. The van der Waals surface area contributed by atoms with Gasteiger partial charge in [0.25, 0.3) is 5.91 Å². The molecule has 136 valence electrons. The molecule has 0 atom stereocenters. The standard InChI is InChI=1S/C18H20ClN5O2/c1-12-9-14(19)3-4-15(12)22-17-11-20-16(10-21-17)18(26)24-7-5-23(6-8-24)13(2)25/h3-4,9-11H,5-8H2,1-2H3,(H,21,22). The van der Waals surface area contributed by atoms with Gasteiger partial charge in [0.15, 0.2) is 0 Å². The molecule has 26 heavy (non-hydrogen) atoms. The molecule has 3 rings (SSSR count). The predicted molar refractivity (Wildman–Crippen MR) is 99.7 cm³/mol. The maximum atomic E-state index is 12.5. The van der Waals surface area contributed by atoms with E-state index < -0.39 is 0 Å². The highest BCUT2D eigenvalue weighted by Crippen LogP contribution is 2.22. The van der Waals surface area contributed by atoms with Crippen molar-refractivity contribution in [3.05, 3.63) is 46.9 Å². The number of hydrogen-bond acceptors (Lipinski definition) is 5. The molecule has 1 aliphatic rings. The number of aromatic nitrogens is 2. The molecule has 1 aromatic heterocycles. The van der Waals surface area contributed by atoms with E-state index in [-0.39, 0.29) is 11.8 Å². The molecule has 1 aromatic carbocycles. The lowest BCUT2D eigenvalue weighted by Crippen LogP contribution is -2.50. The Morgan fingerprint density at radius 2 is 1.77 bits per heavy atom. The van der Waals surface area contributed by atoms with Gasteiger partial charge in [0.05, 0.1) is 12.4 Å². The Morgan fingerprint density at radius 1 is 1.08 bits per heavy atom. The molecular weight excluding hydrogens is 354 g/mol. The van der Waals surface area contributed by atoms with Crippen LogP contribution in [0.5, 0.6) is 0 Å². The molecule has 2 amide bonds. The maximum absolute atomic E-state index is 12.5. The van der Waals surface area contributed by atoms with Gasteiger partial charge in [0, 0.05) is 43.8 Å². The molecule has 0 unspecified atom stereocenters. The van der Waals surface area contributed by atoms with Crippen LogP contribution in [0.15, 0.2) is 30.6 Å². The molecule has 1 saturated heterocycles. The number of hydrogen-bond donors (Lipinski definition) is 1. The fourth-order valence-electron chi connectivity index (χ4n) is 2.79. The lowest BCUT2D eigenvalue weighted by Gasteiger charge is -2.33. The molecule has 2 aromatic rings. The van der Waals surface area contributed by atoms with E-state index >= 15 is 0 Å². The summed E-state index contributed by atoms with van der Waals surface area (Å²) >= 11 is 5.96. The topological polar surface area (TPSA) is 78.4 Å². The van der Waals surface area contributed by atoms with Gasteiger partial charge in [-0.3, -0.25) is 9.59 Å². The second-order valence-electron chi connectivity index (χ2n) is 6.17. The lowest BCUT2D eigenvalue weighted by atomic mass is 10.2. The van der Waals surface area contributed by atoms with Crippen LogP contribution >= 0.6 is 11.6 Å². The average Bonchev–Trinajstić information content (AvgIpc) is 2.64. The molecule has 0 saturated carbocycles. The van der Waals surface area contributed by atoms with Crippen LogP contribution in [0.25, 0.3) is 0 Å². The zero-order valence-electron chi connectivity index (χ0n) is 14.7. The van der Waals surface area contributed by atoms with E-state index in [9.17, 15) is 9.59 Å². The van der Waals surface area contributed by atoms with Crippen LogP contribution in [0.4, 0.5) is 11.5 Å². The van der Waals surface area contributed by atoms with Gasteiger partial charge in [-0.1, -0.05) is 11.6 Å². The van der Waals surface area contributed by atoms with Crippen molar-refractivity contribution in [1.29, 1.82) is 0 Å². The minimum atomic E-state index is -0.171. The van der Waals surface area contributed by atoms with Crippen molar-refractivity contribution in [1.82, 2.24) is 19.8 Å². The Hall–Kier alpha value is -2.67. The SMILES string of the molecule is CC(=O)N1CCN(C(=O)c2cnc(Nc3ccc(Cl)cc3C)cn2)CC1. The predicted octanol–water partition coefficient (Wildman–Crippen LogP) is 2.49. The van der Waals surface area contributed by atoms with E-state index in [0.29, 0.717) is 42.7 Å². The first-order valence-electron chi connectivity index (χ1n) is 8.34. The quantitative estimate of drug-likeness (QED) is 0.894. The smallest absolute Gasteiger partial charge is 0.274 e. The third kappa shape index (κ3) is 4.11. The lowest BCUT2D eigenvalue weighted by molar-refractivity contribution is -0.130. The number of nitrogens with one attached hydrogen (secondary N) is 1. The van der Waals surface area contributed by atoms with E-state index in [2.05, 4.69) is 15.3 Å². The van der Waals surface area contributed by atoms with Crippen molar-refractivity contribution < 1.29 is 9.59 Å². The monoisotopic (exact) mass is 373 g/mol. The number of benzene rings is 1. The first-order chi connectivity index (χ1) is 12.4. The average molecular weight is 374 g/mol. The van der Waals surface area contributed by atoms with Crippen LogP contribution in [-0.4, -0.2) is 57.8 Å². The van der Waals surface area contributed by atoms with Crippen molar-refractivity contribution in [3.63, 3.8) is 0 Å². The van der Waals surface area contributed by atoms with Gasteiger partial charge in [-0.15, -0.1) is 0 Å². The van der Waals surface area contributed by atoms with Gasteiger partial charge >= 0.3 is 0 Å². The van der Waals surface area contributed by atoms with Crippen molar-refractivity contribution >= 4 is 34.9 Å². The third-order valence-corrected chi connectivity index (χ3v) is 4.57. The summed E-state index contributed by atoms with van der Waals surface area (Å²) in [6.07, 6.45) is 3.00. The highest BCUT2D eigenvalue weighted by molar-refractivity contribution is 6.30. The summed E-state index contributed by atoms with van der Waals surface area (Å²) in [4.78, 5) is 35.8. The van der Waals surface area contributed by atoms with Crippen LogP contribution < -0.4 is 5.32 Å². The van der Waals surface area contributed by atoms with Crippen LogP contribution in [0.3, 0.4) is 0 Å². The molecular formula is C18H20ClN5O2. The minimum Gasteiger partial charge on any atom is -0.339 e. The molecule has 1 fully saturated rings. The Kier molecular flexibility index (Phi) is 5.37. The summed E-state index contributed by atoms with van der Waals surface area (Å²) in [6.45, 7) is 5.58. The number of amides is 2. The van der Waals surface area contributed by atoms with Gasteiger partial charge < -0.3 is 15.1 Å². The summed E-state index contributed by atoms with van der Waals surface area (Å²) in [5.74, 6) is 0.410. The Morgan fingerprint density at radius 3 is 2.35 bits per heavy atom. The number of piperazine rings is 1. The maximum Gasteiger partial charge on any atom is 0.274 e. The molecule has 0 bridgehead atoms. The van der Waals surface area contributed by atoms with E-state index in [1.165, 1.54) is 19.3 Å².